The van der Waals surface area contributed by atoms with Gasteiger partial charge in [0.05, 0.1) is 17.8 Å². The van der Waals surface area contributed by atoms with Gasteiger partial charge in [0.1, 0.15) is 5.75 Å². The van der Waals surface area contributed by atoms with Gasteiger partial charge in [-0.3, -0.25) is 9.47 Å². The molecule has 0 atom stereocenters. The number of nitrogens with zero attached hydrogens (tertiary/aromatic N) is 6. The highest BCUT2D eigenvalue weighted by molar-refractivity contribution is 5.93. The summed E-state index contributed by atoms with van der Waals surface area (Å²) in [6.07, 6.45) is 8.06. The maximum absolute atomic E-state index is 12.9. The van der Waals surface area contributed by atoms with Crippen molar-refractivity contribution in [2.45, 2.75) is 32.2 Å². The molecule has 1 saturated heterocycles. The van der Waals surface area contributed by atoms with E-state index < -0.39 is 0 Å². The number of aromatic nitrogens is 4. The molecule has 1 saturated carbocycles. The second-order valence-corrected chi connectivity index (χ2v) is 10.3. The van der Waals surface area contributed by atoms with Gasteiger partial charge in [-0.15, -0.1) is 0 Å². The van der Waals surface area contributed by atoms with Gasteiger partial charge < -0.3 is 9.64 Å². The molecule has 1 aliphatic carbocycles. The number of benzene rings is 2. The number of rotatable bonds is 10. The Morgan fingerprint density at radius 2 is 1.68 bits per heavy atom. The van der Waals surface area contributed by atoms with Crippen molar-refractivity contribution in [3.63, 3.8) is 0 Å². The fourth-order valence-corrected chi connectivity index (χ4v) is 5.15. The average molecular weight is 511 g/mol. The molecule has 6 rings (SSSR count). The highest BCUT2D eigenvalue weighted by Gasteiger charge is 2.24. The van der Waals surface area contributed by atoms with E-state index >= 15 is 0 Å². The molecule has 0 N–H and O–H groups in total. The van der Waals surface area contributed by atoms with Gasteiger partial charge in [-0.25, -0.2) is 14.8 Å². The first-order valence-electron chi connectivity index (χ1n) is 13.7. The second-order valence-electron chi connectivity index (χ2n) is 10.3. The Labute approximate surface area is 222 Å². The van der Waals surface area contributed by atoms with Gasteiger partial charge in [0, 0.05) is 56.1 Å². The molecule has 4 aromatic rings. The molecule has 1 aliphatic heterocycles. The Bertz CT molecular complexity index is 1410. The average Bonchev–Trinajstić information content (AvgIpc) is 3.80. The molecule has 2 aromatic carbocycles. The topological polar surface area (TPSA) is 76.4 Å². The lowest BCUT2D eigenvalue weighted by Gasteiger charge is -2.34. The Morgan fingerprint density at radius 1 is 0.895 bits per heavy atom. The molecule has 0 amide bonds. The van der Waals surface area contributed by atoms with Crippen LogP contribution in [-0.2, 0) is 6.54 Å². The van der Waals surface area contributed by atoms with Crippen molar-refractivity contribution in [3.8, 4) is 17.0 Å². The maximum atomic E-state index is 12.9. The number of hydrogen-bond donors (Lipinski definition) is 0. The molecule has 0 radical (unpaired) electrons. The number of fused-ring (bicyclic) bond motifs is 1. The van der Waals surface area contributed by atoms with Crippen molar-refractivity contribution in [2.75, 3.05) is 44.2 Å². The molecular formula is C30H34N6O2. The van der Waals surface area contributed by atoms with Crippen LogP contribution in [0.3, 0.4) is 0 Å². The number of anilines is 1. The minimum Gasteiger partial charge on any atom is -0.494 e. The van der Waals surface area contributed by atoms with Crippen LogP contribution in [0, 0.1) is 5.92 Å². The van der Waals surface area contributed by atoms with Crippen LogP contribution in [-0.4, -0.2) is 63.7 Å². The van der Waals surface area contributed by atoms with Crippen molar-refractivity contribution >= 4 is 16.9 Å². The molecule has 3 heterocycles. The third-order valence-corrected chi connectivity index (χ3v) is 7.48. The van der Waals surface area contributed by atoms with E-state index in [0.29, 0.717) is 12.5 Å². The Kier molecular flexibility index (Phi) is 7.31. The van der Waals surface area contributed by atoms with Crippen LogP contribution in [0.15, 0.2) is 71.8 Å². The molecule has 196 valence electrons. The van der Waals surface area contributed by atoms with Gasteiger partial charge in [0.15, 0.2) is 0 Å². The first-order chi connectivity index (χ1) is 18.7. The molecule has 38 heavy (non-hydrogen) atoms. The summed E-state index contributed by atoms with van der Waals surface area (Å²) in [5.74, 6) is 2.24. The molecule has 8 nitrogen and oxygen atoms in total. The van der Waals surface area contributed by atoms with Crippen LogP contribution in [0.4, 0.5) is 5.95 Å². The number of hydrogen-bond acceptors (Lipinski definition) is 7. The van der Waals surface area contributed by atoms with Crippen molar-refractivity contribution < 1.29 is 4.74 Å². The Balaban J connectivity index is 1.07. The highest BCUT2D eigenvalue weighted by Crippen LogP contribution is 2.33. The van der Waals surface area contributed by atoms with Crippen molar-refractivity contribution in [2.24, 2.45) is 5.92 Å². The van der Waals surface area contributed by atoms with Crippen LogP contribution in [0.5, 0.6) is 5.75 Å². The SMILES string of the molecule is O=c1nc(-c2ccccc2)c2cc(OCCCCN3CCN(c4ncccn4)CC3)ccc2n1CC1CC1. The zero-order chi connectivity index (χ0) is 25.7. The van der Waals surface area contributed by atoms with E-state index in [1.807, 2.05) is 53.1 Å². The van der Waals surface area contributed by atoms with Crippen molar-refractivity contribution in [1.82, 2.24) is 24.4 Å². The molecule has 2 aliphatic rings. The monoisotopic (exact) mass is 510 g/mol. The second kappa shape index (κ2) is 11.3. The van der Waals surface area contributed by atoms with Crippen LogP contribution in [0.25, 0.3) is 22.2 Å². The Morgan fingerprint density at radius 3 is 2.45 bits per heavy atom. The van der Waals surface area contributed by atoms with E-state index in [0.717, 1.165) is 86.0 Å². The summed E-state index contributed by atoms with van der Waals surface area (Å²) in [7, 11) is 0. The summed E-state index contributed by atoms with van der Waals surface area (Å²) in [5.41, 5.74) is 2.43. The smallest absolute Gasteiger partial charge is 0.348 e. The highest BCUT2D eigenvalue weighted by atomic mass is 16.5. The third-order valence-electron chi connectivity index (χ3n) is 7.48. The van der Waals surface area contributed by atoms with E-state index in [-0.39, 0.29) is 5.69 Å². The molecule has 0 unspecified atom stereocenters. The normalized spacial score (nSPS) is 16.2. The summed E-state index contributed by atoms with van der Waals surface area (Å²) < 4.78 is 8.01. The molecule has 8 heteroatoms. The van der Waals surface area contributed by atoms with E-state index in [1.54, 1.807) is 12.4 Å². The standard InChI is InChI=1S/C30H34N6O2/c37-30-33-28(24-7-2-1-3-8-24)26-21-25(11-12-27(26)36(30)22-23-9-10-23)38-20-5-4-15-34-16-18-35(19-17-34)29-31-13-6-14-32-29/h1-3,6-8,11-14,21,23H,4-5,9-10,15-20,22H2. The van der Waals surface area contributed by atoms with Gasteiger partial charge in [0.25, 0.3) is 0 Å². The summed E-state index contributed by atoms with van der Waals surface area (Å²) in [6.45, 7) is 6.45. The van der Waals surface area contributed by atoms with Gasteiger partial charge >= 0.3 is 5.69 Å². The molecule has 2 aromatic heterocycles. The van der Waals surface area contributed by atoms with Gasteiger partial charge in [-0.05, 0) is 62.4 Å². The first kappa shape index (κ1) is 24.6. The van der Waals surface area contributed by atoms with E-state index in [1.165, 1.54) is 12.8 Å². The molecule has 0 bridgehead atoms. The van der Waals surface area contributed by atoms with Crippen molar-refractivity contribution in [1.29, 1.82) is 0 Å². The quantitative estimate of drug-likeness (QED) is 0.295. The van der Waals surface area contributed by atoms with Crippen LogP contribution in [0.1, 0.15) is 25.7 Å². The summed E-state index contributed by atoms with van der Waals surface area (Å²) >= 11 is 0. The largest absolute Gasteiger partial charge is 0.494 e. The van der Waals surface area contributed by atoms with Crippen LogP contribution >= 0.6 is 0 Å². The van der Waals surface area contributed by atoms with E-state index in [2.05, 4.69) is 30.8 Å². The minimum absolute atomic E-state index is 0.172. The van der Waals surface area contributed by atoms with Gasteiger partial charge in [-0.2, -0.15) is 4.98 Å². The molecular weight excluding hydrogens is 476 g/mol. The zero-order valence-corrected chi connectivity index (χ0v) is 21.7. The number of piperazine rings is 1. The molecule has 2 fully saturated rings. The lowest BCUT2D eigenvalue weighted by atomic mass is 10.1. The van der Waals surface area contributed by atoms with Crippen LogP contribution < -0.4 is 15.3 Å². The lowest BCUT2D eigenvalue weighted by molar-refractivity contribution is 0.238. The van der Waals surface area contributed by atoms with E-state index in [9.17, 15) is 4.79 Å². The fourth-order valence-electron chi connectivity index (χ4n) is 5.15. The zero-order valence-electron chi connectivity index (χ0n) is 21.7. The lowest BCUT2D eigenvalue weighted by Crippen LogP contribution is -2.47. The number of unbranched alkanes of at least 4 members (excludes halogenated alkanes) is 1. The minimum atomic E-state index is -0.172. The summed E-state index contributed by atoms with van der Waals surface area (Å²) in [4.78, 5) is 31.0. The third kappa shape index (κ3) is 5.70. The van der Waals surface area contributed by atoms with Gasteiger partial charge in [-0.1, -0.05) is 30.3 Å². The molecule has 0 spiro atoms. The summed E-state index contributed by atoms with van der Waals surface area (Å²) in [6, 6.07) is 17.9. The van der Waals surface area contributed by atoms with Crippen molar-refractivity contribution in [3.05, 3.63) is 77.5 Å². The Hall–Kier alpha value is -3.78. The number of ether oxygens (including phenoxy) is 1. The van der Waals surface area contributed by atoms with Crippen LogP contribution in [0.2, 0.25) is 0 Å². The first-order valence-corrected chi connectivity index (χ1v) is 13.7. The summed E-state index contributed by atoms with van der Waals surface area (Å²) in [5, 5.41) is 0.967. The predicted molar refractivity (Wildman–Crippen MR) is 150 cm³/mol. The van der Waals surface area contributed by atoms with E-state index in [4.69, 9.17) is 4.74 Å². The van der Waals surface area contributed by atoms with Gasteiger partial charge in [0.2, 0.25) is 5.95 Å². The fraction of sp³-hybridized carbons (Fsp3) is 0.400. The maximum Gasteiger partial charge on any atom is 0.348 e. The predicted octanol–water partition coefficient (Wildman–Crippen LogP) is 4.24.